The number of rotatable bonds is 9. The number of nitrogens with zero attached hydrogens (tertiary/aromatic N) is 3. The zero-order valence-corrected chi connectivity index (χ0v) is 13.4. The van der Waals surface area contributed by atoms with Crippen LogP contribution in [0.25, 0.3) is 0 Å². The SMILES string of the molecule is Cc1nn(CC(O)CNCCCS(C)=O)c(C)c1[N+](=O)[O-]. The van der Waals surface area contributed by atoms with Crippen molar-refractivity contribution in [1.82, 2.24) is 15.1 Å². The van der Waals surface area contributed by atoms with Crippen LogP contribution in [-0.4, -0.2) is 55.2 Å². The molecule has 0 spiro atoms. The maximum Gasteiger partial charge on any atom is 0.312 e. The first-order valence-corrected chi connectivity index (χ1v) is 8.42. The number of nitrogens with one attached hydrogen (secondary N) is 1. The van der Waals surface area contributed by atoms with Gasteiger partial charge in [-0.25, -0.2) is 0 Å². The van der Waals surface area contributed by atoms with E-state index in [0.717, 1.165) is 6.42 Å². The Kier molecular flexibility index (Phi) is 6.93. The van der Waals surface area contributed by atoms with Gasteiger partial charge in [-0.1, -0.05) is 0 Å². The summed E-state index contributed by atoms with van der Waals surface area (Å²) in [5.41, 5.74) is 0.793. The number of aliphatic hydroxyl groups is 1. The maximum atomic E-state index is 10.9. The van der Waals surface area contributed by atoms with Gasteiger partial charge in [-0.2, -0.15) is 5.10 Å². The summed E-state index contributed by atoms with van der Waals surface area (Å²) >= 11 is 0. The van der Waals surface area contributed by atoms with Crippen LogP contribution in [0.4, 0.5) is 5.69 Å². The second-order valence-electron chi connectivity index (χ2n) is 4.95. The number of nitro groups is 1. The summed E-state index contributed by atoms with van der Waals surface area (Å²) in [6.07, 6.45) is 1.75. The van der Waals surface area contributed by atoms with Crippen molar-refractivity contribution in [2.24, 2.45) is 0 Å². The molecule has 1 rings (SSSR count). The van der Waals surface area contributed by atoms with E-state index in [1.807, 2.05) is 0 Å². The first-order valence-electron chi connectivity index (χ1n) is 6.70. The minimum absolute atomic E-state index is 0.000541. The van der Waals surface area contributed by atoms with Crippen molar-refractivity contribution in [3.05, 3.63) is 21.5 Å². The van der Waals surface area contributed by atoms with Crippen LogP contribution >= 0.6 is 0 Å². The molecule has 0 amide bonds. The highest BCUT2D eigenvalue weighted by Gasteiger charge is 2.22. The zero-order chi connectivity index (χ0) is 16.0. The van der Waals surface area contributed by atoms with Gasteiger partial charge in [-0.15, -0.1) is 0 Å². The third-order valence-electron chi connectivity index (χ3n) is 3.07. The minimum atomic E-state index is -0.799. The van der Waals surface area contributed by atoms with Crippen LogP contribution < -0.4 is 5.32 Å². The van der Waals surface area contributed by atoms with E-state index in [2.05, 4.69) is 10.4 Å². The van der Waals surface area contributed by atoms with Gasteiger partial charge in [0.2, 0.25) is 0 Å². The van der Waals surface area contributed by atoms with Crippen LogP contribution in [0.1, 0.15) is 17.8 Å². The lowest BCUT2D eigenvalue weighted by molar-refractivity contribution is -0.386. The second-order valence-corrected chi connectivity index (χ2v) is 6.50. The van der Waals surface area contributed by atoms with Gasteiger partial charge in [0.05, 0.1) is 17.6 Å². The number of aryl methyl sites for hydroxylation is 1. The Morgan fingerprint density at radius 2 is 2.19 bits per heavy atom. The summed E-state index contributed by atoms with van der Waals surface area (Å²) in [6.45, 7) is 4.44. The van der Waals surface area contributed by atoms with Crippen molar-refractivity contribution in [1.29, 1.82) is 0 Å². The van der Waals surface area contributed by atoms with Gasteiger partial charge >= 0.3 is 5.69 Å². The molecule has 1 heterocycles. The number of aromatic nitrogens is 2. The van der Waals surface area contributed by atoms with E-state index in [4.69, 9.17) is 0 Å². The molecule has 2 N–H and O–H groups in total. The van der Waals surface area contributed by atoms with Crippen molar-refractivity contribution in [2.45, 2.75) is 32.9 Å². The van der Waals surface area contributed by atoms with Crippen LogP contribution in [0.2, 0.25) is 0 Å². The fourth-order valence-electron chi connectivity index (χ4n) is 2.06. The average molecular weight is 318 g/mol. The molecule has 0 aliphatic carbocycles. The quantitative estimate of drug-likeness (QED) is 0.380. The van der Waals surface area contributed by atoms with Gasteiger partial charge in [-0.05, 0) is 26.8 Å². The minimum Gasteiger partial charge on any atom is -0.390 e. The van der Waals surface area contributed by atoms with Gasteiger partial charge in [0, 0.05) is 29.4 Å². The summed E-state index contributed by atoms with van der Waals surface area (Å²) in [7, 11) is -0.799. The normalized spacial score (nSPS) is 14.1. The van der Waals surface area contributed by atoms with E-state index < -0.39 is 21.8 Å². The fraction of sp³-hybridized carbons (Fsp3) is 0.750. The lowest BCUT2D eigenvalue weighted by Crippen LogP contribution is -2.31. The Morgan fingerprint density at radius 3 is 2.71 bits per heavy atom. The monoisotopic (exact) mass is 318 g/mol. The predicted molar refractivity (Wildman–Crippen MR) is 80.8 cm³/mol. The van der Waals surface area contributed by atoms with Gasteiger partial charge in [0.1, 0.15) is 11.4 Å². The van der Waals surface area contributed by atoms with Gasteiger partial charge in [-0.3, -0.25) is 19.0 Å². The molecule has 0 aliphatic rings. The lowest BCUT2D eigenvalue weighted by atomic mass is 10.3. The highest BCUT2D eigenvalue weighted by atomic mass is 32.2. The smallest absolute Gasteiger partial charge is 0.312 e. The third kappa shape index (κ3) is 5.52. The summed E-state index contributed by atoms with van der Waals surface area (Å²) in [4.78, 5) is 10.4. The van der Waals surface area contributed by atoms with Crippen LogP contribution in [0.3, 0.4) is 0 Å². The molecule has 2 unspecified atom stereocenters. The van der Waals surface area contributed by atoms with Gasteiger partial charge < -0.3 is 10.4 Å². The van der Waals surface area contributed by atoms with Crippen molar-refractivity contribution in [2.75, 3.05) is 25.1 Å². The maximum absolute atomic E-state index is 10.9. The Bertz CT molecular complexity index is 518. The molecule has 0 bridgehead atoms. The van der Waals surface area contributed by atoms with Crippen LogP contribution in [0, 0.1) is 24.0 Å². The molecule has 21 heavy (non-hydrogen) atoms. The molecule has 0 saturated carbocycles. The molecule has 1 aromatic rings. The lowest BCUT2D eigenvalue weighted by Gasteiger charge is -2.12. The topological polar surface area (TPSA) is 110 Å². The highest BCUT2D eigenvalue weighted by Crippen LogP contribution is 2.21. The average Bonchev–Trinajstić information content (AvgIpc) is 2.63. The third-order valence-corrected chi connectivity index (χ3v) is 3.94. The molecule has 9 heteroatoms. The van der Waals surface area contributed by atoms with Crippen LogP contribution in [0.5, 0.6) is 0 Å². The molecule has 0 saturated heterocycles. The summed E-state index contributed by atoms with van der Waals surface area (Å²) < 4.78 is 12.3. The highest BCUT2D eigenvalue weighted by molar-refractivity contribution is 7.84. The largest absolute Gasteiger partial charge is 0.390 e. The molecular formula is C12H22N4O4S. The van der Waals surface area contributed by atoms with E-state index in [0.29, 0.717) is 30.2 Å². The molecule has 2 atom stereocenters. The summed E-state index contributed by atoms with van der Waals surface area (Å²) in [5, 5.41) is 28.0. The molecule has 0 fully saturated rings. The molecular weight excluding hydrogens is 296 g/mol. The number of aliphatic hydroxyl groups excluding tert-OH is 1. The standard InChI is InChI=1S/C12H22N4O4S/c1-9-12(16(18)19)10(2)15(14-9)8-11(17)7-13-5-4-6-21(3)20/h11,13,17H,4-8H2,1-3H3. The Morgan fingerprint density at radius 1 is 1.52 bits per heavy atom. The number of hydrogen-bond acceptors (Lipinski definition) is 6. The molecule has 1 aromatic heterocycles. The van der Waals surface area contributed by atoms with Crippen LogP contribution in [-0.2, 0) is 17.3 Å². The van der Waals surface area contributed by atoms with Crippen LogP contribution in [0.15, 0.2) is 0 Å². The Hall–Kier alpha value is -1.32. The van der Waals surface area contributed by atoms with E-state index >= 15 is 0 Å². The zero-order valence-electron chi connectivity index (χ0n) is 12.5. The van der Waals surface area contributed by atoms with E-state index in [1.165, 1.54) is 4.68 Å². The summed E-state index contributed by atoms with van der Waals surface area (Å²) in [6, 6.07) is 0. The fourth-order valence-corrected chi connectivity index (χ4v) is 2.61. The number of hydrogen-bond donors (Lipinski definition) is 2. The molecule has 0 radical (unpaired) electrons. The Labute approximate surface area is 126 Å². The molecule has 8 nitrogen and oxygen atoms in total. The Balaban J connectivity index is 2.45. The van der Waals surface area contributed by atoms with Crippen molar-refractivity contribution >= 4 is 16.5 Å². The summed E-state index contributed by atoms with van der Waals surface area (Å²) in [5.74, 6) is 0.632. The van der Waals surface area contributed by atoms with Gasteiger partial charge in [0.25, 0.3) is 0 Å². The molecule has 0 aliphatic heterocycles. The van der Waals surface area contributed by atoms with E-state index in [-0.39, 0.29) is 12.2 Å². The first kappa shape index (κ1) is 17.7. The van der Waals surface area contributed by atoms with E-state index in [9.17, 15) is 19.4 Å². The molecule has 0 aromatic carbocycles. The predicted octanol–water partition coefficient (Wildman–Crippen LogP) is 0.127. The van der Waals surface area contributed by atoms with Gasteiger partial charge in [0.15, 0.2) is 0 Å². The van der Waals surface area contributed by atoms with Crippen molar-refractivity contribution in [3.63, 3.8) is 0 Å². The second kappa shape index (κ2) is 8.20. The van der Waals surface area contributed by atoms with Crippen molar-refractivity contribution in [3.8, 4) is 0 Å². The first-order chi connectivity index (χ1) is 9.82. The van der Waals surface area contributed by atoms with Crippen molar-refractivity contribution < 1.29 is 14.2 Å². The van der Waals surface area contributed by atoms with E-state index in [1.54, 1.807) is 20.1 Å². The molecule has 120 valence electrons.